The van der Waals surface area contributed by atoms with Crippen molar-refractivity contribution in [3.63, 3.8) is 0 Å². The van der Waals surface area contributed by atoms with Crippen LogP contribution in [0.2, 0.25) is 0 Å². The molecule has 0 saturated carbocycles. The Hall–Kier alpha value is -2.92. The van der Waals surface area contributed by atoms with Crippen molar-refractivity contribution in [3.05, 3.63) is 88.1 Å². The van der Waals surface area contributed by atoms with Gasteiger partial charge in [-0.05, 0) is 41.3 Å². The van der Waals surface area contributed by atoms with Gasteiger partial charge in [0.25, 0.3) is 5.91 Å². The second-order valence-electron chi connectivity index (χ2n) is 5.55. The molecule has 0 fully saturated rings. The number of nitrogens with one attached hydrogen (secondary N) is 2. The molecule has 0 radical (unpaired) electrons. The minimum atomic E-state index is -0.151. The summed E-state index contributed by atoms with van der Waals surface area (Å²) in [7, 11) is 0. The summed E-state index contributed by atoms with van der Waals surface area (Å²) >= 11 is 1.62. The van der Waals surface area contributed by atoms with Gasteiger partial charge in [0.15, 0.2) is 0 Å². The molecule has 0 saturated heterocycles. The zero-order valence-electron chi connectivity index (χ0n) is 13.6. The van der Waals surface area contributed by atoms with E-state index in [4.69, 9.17) is 0 Å². The Morgan fingerprint density at radius 1 is 0.880 bits per heavy atom. The van der Waals surface area contributed by atoms with Crippen LogP contribution in [0.3, 0.4) is 0 Å². The fourth-order valence-electron chi connectivity index (χ4n) is 2.35. The number of thiophene rings is 1. The zero-order valence-corrected chi connectivity index (χ0v) is 14.4. The fourth-order valence-corrected chi connectivity index (χ4v) is 2.99. The van der Waals surface area contributed by atoms with Gasteiger partial charge in [-0.1, -0.05) is 36.4 Å². The minimum absolute atomic E-state index is 0.0190. The van der Waals surface area contributed by atoms with Crippen LogP contribution in [0.1, 0.15) is 20.8 Å². The molecule has 0 aliphatic rings. The first-order valence-electron chi connectivity index (χ1n) is 7.95. The number of carbonyl (C=O) groups is 2. The van der Waals surface area contributed by atoms with Crippen LogP contribution < -0.4 is 10.6 Å². The maximum absolute atomic E-state index is 12.1. The number of anilines is 1. The number of hydrogen-bond acceptors (Lipinski definition) is 3. The van der Waals surface area contributed by atoms with Crippen LogP contribution >= 0.6 is 11.3 Å². The van der Waals surface area contributed by atoms with Crippen molar-refractivity contribution >= 4 is 28.8 Å². The summed E-state index contributed by atoms with van der Waals surface area (Å²) in [6.45, 7) is 0.557. The van der Waals surface area contributed by atoms with Gasteiger partial charge >= 0.3 is 0 Å². The molecule has 2 amide bonds. The molecule has 0 atom stereocenters. The first-order chi connectivity index (χ1) is 12.2. The standard InChI is InChI=1S/C20H18N2O2S/c23-19(21-14-18-7-4-12-25-18)13-15-8-10-17(11-9-15)22-20(24)16-5-2-1-3-6-16/h1-12H,13-14H2,(H,21,23)(H,22,24). The van der Waals surface area contributed by atoms with Crippen LogP contribution in [0.4, 0.5) is 5.69 Å². The molecule has 0 unspecified atom stereocenters. The predicted octanol–water partition coefficient (Wildman–Crippen LogP) is 3.86. The molecule has 2 aromatic carbocycles. The van der Waals surface area contributed by atoms with Crippen LogP contribution in [0.5, 0.6) is 0 Å². The highest BCUT2D eigenvalue weighted by molar-refractivity contribution is 7.09. The van der Waals surface area contributed by atoms with Crippen molar-refractivity contribution < 1.29 is 9.59 Å². The van der Waals surface area contributed by atoms with Crippen molar-refractivity contribution in [3.8, 4) is 0 Å². The highest BCUT2D eigenvalue weighted by Crippen LogP contribution is 2.12. The van der Waals surface area contributed by atoms with E-state index >= 15 is 0 Å². The molecule has 0 bridgehead atoms. The number of carbonyl (C=O) groups excluding carboxylic acids is 2. The Bertz CT molecular complexity index is 828. The van der Waals surface area contributed by atoms with Crippen LogP contribution in [0.15, 0.2) is 72.1 Å². The second kappa shape index (κ2) is 8.26. The quantitative estimate of drug-likeness (QED) is 0.709. The molecular weight excluding hydrogens is 332 g/mol. The second-order valence-corrected chi connectivity index (χ2v) is 6.58. The maximum atomic E-state index is 12.1. The Morgan fingerprint density at radius 2 is 1.64 bits per heavy atom. The van der Waals surface area contributed by atoms with Gasteiger partial charge in [-0.2, -0.15) is 0 Å². The van der Waals surface area contributed by atoms with E-state index in [0.717, 1.165) is 10.4 Å². The Kier molecular flexibility index (Phi) is 5.59. The van der Waals surface area contributed by atoms with Gasteiger partial charge in [0.2, 0.25) is 5.91 Å². The van der Waals surface area contributed by atoms with E-state index in [2.05, 4.69) is 10.6 Å². The molecule has 0 aliphatic heterocycles. The molecule has 0 aliphatic carbocycles. The minimum Gasteiger partial charge on any atom is -0.351 e. The molecule has 5 heteroatoms. The predicted molar refractivity (Wildman–Crippen MR) is 101 cm³/mol. The van der Waals surface area contributed by atoms with Gasteiger partial charge in [0.1, 0.15) is 0 Å². The van der Waals surface area contributed by atoms with Crippen molar-refractivity contribution in [2.45, 2.75) is 13.0 Å². The van der Waals surface area contributed by atoms with Gasteiger partial charge in [-0.3, -0.25) is 9.59 Å². The third kappa shape index (κ3) is 5.02. The molecular formula is C20H18N2O2S. The molecule has 1 aromatic heterocycles. The van der Waals surface area contributed by atoms with E-state index in [1.165, 1.54) is 0 Å². The highest BCUT2D eigenvalue weighted by Gasteiger charge is 2.07. The normalized spacial score (nSPS) is 10.2. The van der Waals surface area contributed by atoms with Crippen LogP contribution in [-0.2, 0) is 17.8 Å². The topological polar surface area (TPSA) is 58.2 Å². The summed E-state index contributed by atoms with van der Waals surface area (Å²) in [6, 6.07) is 20.3. The van der Waals surface area contributed by atoms with E-state index in [9.17, 15) is 9.59 Å². The Morgan fingerprint density at radius 3 is 2.32 bits per heavy atom. The van der Waals surface area contributed by atoms with Gasteiger partial charge in [-0.25, -0.2) is 0 Å². The van der Waals surface area contributed by atoms with E-state index in [1.54, 1.807) is 23.5 Å². The third-order valence-electron chi connectivity index (χ3n) is 3.65. The molecule has 2 N–H and O–H groups in total. The molecule has 4 nitrogen and oxygen atoms in total. The monoisotopic (exact) mass is 350 g/mol. The largest absolute Gasteiger partial charge is 0.351 e. The van der Waals surface area contributed by atoms with E-state index in [-0.39, 0.29) is 11.8 Å². The van der Waals surface area contributed by atoms with Gasteiger partial charge < -0.3 is 10.6 Å². The van der Waals surface area contributed by atoms with Crippen molar-refractivity contribution in [2.75, 3.05) is 5.32 Å². The lowest BCUT2D eigenvalue weighted by Crippen LogP contribution is -2.24. The number of amides is 2. The number of benzene rings is 2. The summed E-state index contributed by atoms with van der Waals surface area (Å²) < 4.78 is 0. The van der Waals surface area contributed by atoms with Gasteiger partial charge in [0.05, 0.1) is 13.0 Å². The summed E-state index contributed by atoms with van der Waals surface area (Å²) in [5.74, 6) is -0.170. The lowest BCUT2D eigenvalue weighted by Gasteiger charge is -2.07. The van der Waals surface area contributed by atoms with Crippen molar-refractivity contribution in [1.82, 2.24) is 5.32 Å². The lowest BCUT2D eigenvalue weighted by atomic mass is 10.1. The molecule has 126 valence electrons. The summed E-state index contributed by atoms with van der Waals surface area (Å²) in [4.78, 5) is 25.2. The first-order valence-corrected chi connectivity index (χ1v) is 8.83. The van der Waals surface area contributed by atoms with Gasteiger partial charge in [0, 0.05) is 16.1 Å². The number of rotatable bonds is 6. The van der Waals surface area contributed by atoms with Crippen molar-refractivity contribution in [1.29, 1.82) is 0 Å². The molecule has 3 rings (SSSR count). The summed E-state index contributed by atoms with van der Waals surface area (Å²) in [5.41, 5.74) is 2.22. The van der Waals surface area contributed by atoms with Crippen LogP contribution in [0, 0.1) is 0 Å². The summed E-state index contributed by atoms with van der Waals surface area (Å²) in [5, 5.41) is 7.74. The van der Waals surface area contributed by atoms with Crippen LogP contribution in [0.25, 0.3) is 0 Å². The van der Waals surface area contributed by atoms with Crippen molar-refractivity contribution in [2.24, 2.45) is 0 Å². The average Bonchev–Trinajstić information content (AvgIpc) is 3.16. The molecule has 3 aromatic rings. The van der Waals surface area contributed by atoms with E-state index < -0.39 is 0 Å². The average molecular weight is 350 g/mol. The third-order valence-corrected chi connectivity index (χ3v) is 4.53. The first kappa shape index (κ1) is 16.9. The Balaban J connectivity index is 1.51. The number of hydrogen-bond donors (Lipinski definition) is 2. The highest BCUT2D eigenvalue weighted by atomic mass is 32.1. The Labute approximate surface area is 150 Å². The smallest absolute Gasteiger partial charge is 0.255 e. The zero-order chi connectivity index (χ0) is 17.5. The fraction of sp³-hybridized carbons (Fsp3) is 0.100. The van der Waals surface area contributed by atoms with Crippen LogP contribution in [-0.4, -0.2) is 11.8 Å². The van der Waals surface area contributed by atoms with Gasteiger partial charge in [-0.15, -0.1) is 11.3 Å². The lowest BCUT2D eigenvalue weighted by molar-refractivity contribution is -0.120. The molecule has 25 heavy (non-hydrogen) atoms. The summed E-state index contributed by atoms with van der Waals surface area (Å²) in [6.07, 6.45) is 0.318. The van der Waals surface area contributed by atoms with E-state index in [1.807, 2.05) is 60.0 Å². The van der Waals surface area contributed by atoms with E-state index in [0.29, 0.717) is 24.2 Å². The molecule has 1 heterocycles. The SMILES string of the molecule is O=C(Cc1ccc(NC(=O)c2ccccc2)cc1)NCc1cccs1. The molecule has 0 spiro atoms. The maximum Gasteiger partial charge on any atom is 0.255 e.